The van der Waals surface area contributed by atoms with Crippen LogP contribution in [0, 0.1) is 0 Å². The molecule has 0 aliphatic carbocycles. The van der Waals surface area contributed by atoms with Gasteiger partial charge >= 0.3 is 29.6 Å². The van der Waals surface area contributed by atoms with Crippen LogP contribution in [0.2, 0.25) is 0 Å². The normalized spacial score (nSPS) is 7.00. The van der Waals surface area contributed by atoms with Gasteiger partial charge in [-0.1, -0.05) is 0 Å². The largest absolute Gasteiger partial charge is 1.00 e. The average Bonchev–Trinajstić information content (AvgIpc) is 1.61. The van der Waals surface area contributed by atoms with E-state index < -0.39 is 0 Å². The van der Waals surface area contributed by atoms with Gasteiger partial charge in [-0.05, 0) is 12.0 Å². The Labute approximate surface area is 70.5 Å². The van der Waals surface area contributed by atoms with E-state index >= 15 is 0 Å². The maximum Gasteiger partial charge on any atom is 1.00 e. The van der Waals surface area contributed by atoms with Gasteiger partial charge < -0.3 is 4.79 Å². The van der Waals surface area contributed by atoms with Crippen molar-refractivity contribution in [1.29, 1.82) is 0 Å². The third-order valence-corrected chi connectivity index (χ3v) is 1.02. The van der Waals surface area contributed by atoms with Gasteiger partial charge in [0.25, 0.3) is 0 Å². The molecule has 0 aromatic heterocycles. The second-order valence-electron chi connectivity index (χ2n) is 0.887. The first-order chi connectivity index (χ1) is 2.91. The minimum Gasteiger partial charge on any atom is -0.542 e. The second kappa shape index (κ2) is 10.1. The number of thioether (sulfide) groups is 1. The van der Waals surface area contributed by atoms with Gasteiger partial charge in [0.15, 0.2) is 0 Å². The Morgan fingerprint density at radius 2 is 2.29 bits per heavy atom. The molecule has 7 heavy (non-hydrogen) atoms. The Bertz CT molecular complexity index is 40.7. The van der Waals surface area contributed by atoms with Crippen LogP contribution in [0.4, 0.5) is 0 Å². The summed E-state index contributed by atoms with van der Waals surface area (Å²) in [6.45, 7) is 0. The Morgan fingerprint density at radius 1 is 1.71 bits per heavy atom. The molecule has 0 radical (unpaired) electrons. The average molecular weight is 126 g/mol. The summed E-state index contributed by atoms with van der Waals surface area (Å²) in [6, 6.07) is 0. The summed E-state index contributed by atoms with van der Waals surface area (Å²) < 4.78 is 0. The summed E-state index contributed by atoms with van der Waals surface area (Å²) in [4.78, 5) is 9.43. The zero-order valence-corrected chi connectivity index (χ0v) is 7.55. The van der Waals surface area contributed by atoms with E-state index in [0.29, 0.717) is 6.42 Å². The van der Waals surface area contributed by atoms with Crippen molar-refractivity contribution in [2.45, 2.75) is 6.42 Å². The maximum atomic E-state index is 9.43. The molecule has 0 aromatic carbocycles. The first kappa shape index (κ1) is 10.9. The van der Waals surface area contributed by atoms with Crippen LogP contribution in [-0.2, 0) is 4.79 Å². The third kappa shape index (κ3) is 10.9. The minimum absolute atomic E-state index is 0. The van der Waals surface area contributed by atoms with Gasteiger partial charge in [-0.15, -0.1) is 6.42 Å². The van der Waals surface area contributed by atoms with Crippen molar-refractivity contribution in [3.05, 3.63) is 0 Å². The van der Waals surface area contributed by atoms with E-state index in [2.05, 4.69) is 0 Å². The van der Waals surface area contributed by atoms with Crippen LogP contribution in [0.5, 0.6) is 0 Å². The molecular weight excluding hydrogens is 119 g/mol. The Morgan fingerprint density at radius 3 is 2.43 bits per heavy atom. The van der Waals surface area contributed by atoms with Gasteiger partial charge in [0.05, 0.1) is 0 Å². The maximum absolute atomic E-state index is 9.43. The molecule has 0 atom stereocenters. The number of hydrogen-bond donors (Lipinski definition) is 0. The number of hydrogen-bond acceptors (Lipinski definition) is 2. The van der Waals surface area contributed by atoms with Gasteiger partial charge in [-0.25, -0.2) is 0 Å². The summed E-state index contributed by atoms with van der Waals surface area (Å²) in [5, 5.41) is 0. The van der Waals surface area contributed by atoms with Crippen LogP contribution >= 0.6 is 11.8 Å². The third-order valence-electron chi connectivity index (χ3n) is 0.408. The van der Waals surface area contributed by atoms with Gasteiger partial charge in [0.2, 0.25) is 0 Å². The van der Waals surface area contributed by atoms with Crippen molar-refractivity contribution >= 4 is 18.0 Å². The van der Waals surface area contributed by atoms with Crippen LogP contribution in [0.3, 0.4) is 0 Å². The molecule has 0 heterocycles. The molecule has 0 aliphatic rings. The number of rotatable bonds is 3. The molecule has 0 aliphatic heterocycles. The molecule has 36 valence electrons. The van der Waals surface area contributed by atoms with Gasteiger partial charge in [-0.2, -0.15) is 11.8 Å². The fourth-order valence-electron chi connectivity index (χ4n) is 0.144. The van der Waals surface area contributed by atoms with E-state index in [1.807, 2.05) is 6.26 Å². The van der Waals surface area contributed by atoms with Crippen molar-refractivity contribution in [2.24, 2.45) is 0 Å². The molecule has 0 spiro atoms. The quantitative estimate of drug-likeness (QED) is 0.244. The number of carbonyl (C=O) groups excluding carboxylic acids is 1. The monoisotopic (exact) mass is 126 g/mol. The SMILES string of the molecule is CSCC[C-]=O.[Na+]. The first-order valence-corrected chi connectivity index (χ1v) is 3.15. The Hall–Kier alpha value is 1.02. The summed E-state index contributed by atoms with van der Waals surface area (Å²) in [6.07, 6.45) is 4.34. The van der Waals surface area contributed by atoms with E-state index in [4.69, 9.17) is 0 Å². The summed E-state index contributed by atoms with van der Waals surface area (Å²) in [7, 11) is 0. The van der Waals surface area contributed by atoms with Crippen LogP contribution in [0.25, 0.3) is 0 Å². The van der Waals surface area contributed by atoms with E-state index in [1.165, 1.54) is 0 Å². The molecule has 0 aromatic rings. The molecule has 0 rings (SSSR count). The minimum atomic E-state index is 0. The standard InChI is InChI=1S/C4H7OS.Na/c1-6-4-2-3-5;/h2,4H2,1H3;/q-1;+1. The molecule has 3 heteroatoms. The molecule has 0 N–H and O–H groups in total. The van der Waals surface area contributed by atoms with Crippen LogP contribution in [0.1, 0.15) is 6.42 Å². The summed E-state index contributed by atoms with van der Waals surface area (Å²) >= 11 is 1.66. The Kier molecular flexibility index (Phi) is 15.7. The first-order valence-electron chi connectivity index (χ1n) is 1.75. The molecular formula is C4H7NaOS. The molecule has 0 saturated heterocycles. The molecule has 1 nitrogen and oxygen atoms in total. The molecule has 0 amide bonds. The fraction of sp³-hybridized carbons (Fsp3) is 0.750. The van der Waals surface area contributed by atoms with Gasteiger partial charge in [0, 0.05) is 0 Å². The van der Waals surface area contributed by atoms with Crippen molar-refractivity contribution in [3.63, 3.8) is 0 Å². The van der Waals surface area contributed by atoms with Crippen LogP contribution in [-0.4, -0.2) is 18.3 Å². The van der Waals surface area contributed by atoms with E-state index in [1.54, 1.807) is 18.0 Å². The van der Waals surface area contributed by atoms with Gasteiger partial charge in [-0.3, -0.25) is 6.29 Å². The van der Waals surface area contributed by atoms with Crippen molar-refractivity contribution in [3.8, 4) is 0 Å². The predicted octanol–water partition coefficient (Wildman–Crippen LogP) is -2.15. The van der Waals surface area contributed by atoms with Gasteiger partial charge in [0.1, 0.15) is 0 Å². The summed E-state index contributed by atoms with van der Waals surface area (Å²) in [5.74, 6) is 0.906. The smallest absolute Gasteiger partial charge is 0.542 e. The zero-order chi connectivity index (χ0) is 4.83. The summed E-state index contributed by atoms with van der Waals surface area (Å²) in [5.41, 5.74) is 0. The zero-order valence-electron chi connectivity index (χ0n) is 4.73. The fourth-order valence-corrected chi connectivity index (χ4v) is 0.431. The van der Waals surface area contributed by atoms with E-state index in [-0.39, 0.29) is 29.6 Å². The van der Waals surface area contributed by atoms with E-state index in [0.717, 1.165) is 5.75 Å². The van der Waals surface area contributed by atoms with Crippen molar-refractivity contribution < 1.29 is 34.4 Å². The van der Waals surface area contributed by atoms with Crippen molar-refractivity contribution in [2.75, 3.05) is 12.0 Å². The van der Waals surface area contributed by atoms with Crippen molar-refractivity contribution in [1.82, 2.24) is 0 Å². The van der Waals surface area contributed by atoms with Crippen LogP contribution in [0.15, 0.2) is 0 Å². The molecule has 0 unspecified atom stereocenters. The predicted molar refractivity (Wildman–Crippen MR) is 28.7 cm³/mol. The second-order valence-corrected chi connectivity index (χ2v) is 1.87. The Balaban J connectivity index is 0. The topological polar surface area (TPSA) is 17.1 Å². The molecule has 0 fully saturated rings. The van der Waals surface area contributed by atoms with E-state index in [9.17, 15) is 4.79 Å². The molecule has 0 bridgehead atoms. The van der Waals surface area contributed by atoms with Crippen LogP contribution < -0.4 is 29.6 Å². The molecule has 0 saturated carbocycles.